The van der Waals surface area contributed by atoms with Gasteiger partial charge in [0.15, 0.2) is 0 Å². The van der Waals surface area contributed by atoms with Gasteiger partial charge in [-0.15, -0.1) is 0 Å². The van der Waals surface area contributed by atoms with Crippen LogP contribution in [-0.4, -0.2) is 35.5 Å². The van der Waals surface area contributed by atoms with E-state index in [1.165, 1.54) is 4.90 Å². The highest BCUT2D eigenvalue weighted by Gasteiger charge is 2.14. The smallest absolute Gasteiger partial charge is 0.312 e. The largest absolute Gasteiger partial charge is 0.494 e. The molecular weight excluding hydrogens is 234 g/mol. The number of carboxylic acid groups (broad SMARTS) is 1. The molecule has 0 unspecified atom stereocenters. The second-order valence-electron chi connectivity index (χ2n) is 3.86. The Morgan fingerprint density at radius 2 is 2.00 bits per heavy atom. The van der Waals surface area contributed by atoms with Gasteiger partial charge in [0.1, 0.15) is 12.2 Å². The first-order valence-corrected chi connectivity index (χ1v) is 5.71. The Kier molecular flexibility index (Phi) is 5.17. The average Bonchev–Trinajstić information content (AvgIpc) is 2.31. The number of carbonyl (C=O) groups excluding carboxylic acids is 1. The van der Waals surface area contributed by atoms with Gasteiger partial charge in [0.25, 0.3) is 0 Å². The Labute approximate surface area is 106 Å². The molecule has 98 valence electrons. The van der Waals surface area contributed by atoms with Crippen LogP contribution in [0.3, 0.4) is 0 Å². The highest BCUT2D eigenvalue weighted by molar-refractivity contribution is 5.93. The molecule has 0 aliphatic carbocycles. The lowest BCUT2D eigenvalue weighted by Gasteiger charge is -2.18. The van der Waals surface area contributed by atoms with E-state index in [0.717, 1.165) is 11.3 Å². The third-order valence-corrected chi connectivity index (χ3v) is 2.41. The Morgan fingerprint density at radius 1 is 1.33 bits per heavy atom. The Hall–Kier alpha value is -2.04. The molecule has 0 atom stereocenters. The summed E-state index contributed by atoms with van der Waals surface area (Å²) in [5.41, 5.74) is 0.862. The summed E-state index contributed by atoms with van der Waals surface area (Å²) >= 11 is 0. The number of nitrogens with zero attached hydrogens (tertiary/aromatic N) is 1. The summed E-state index contributed by atoms with van der Waals surface area (Å²) in [5.74, 6) is -0.825. The van der Waals surface area contributed by atoms with E-state index in [9.17, 15) is 9.59 Å². The summed E-state index contributed by atoms with van der Waals surface area (Å²) in [6, 6.07) is 7.39. The van der Waals surface area contributed by atoms with E-state index in [1.54, 1.807) is 7.05 Å². The third-order valence-electron chi connectivity index (χ3n) is 2.41. The van der Waals surface area contributed by atoms with Crippen molar-refractivity contribution in [1.29, 1.82) is 0 Å². The van der Waals surface area contributed by atoms with Crippen molar-refractivity contribution in [3.63, 3.8) is 0 Å². The number of amides is 1. The quantitative estimate of drug-likeness (QED) is 0.778. The first-order valence-electron chi connectivity index (χ1n) is 5.71. The van der Waals surface area contributed by atoms with Crippen molar-refractivity contribution in [2.75, 3.05) is 13.7 Å². The molecule has 5 heteroatoms. The van der Waals surface area contributed by atoms with E-state index in [2.05, 4.69) is 0 Å². The molecule has 0 heterocycles. The van der Waals surface area contributed by atoms with Crippen LogP contribution in [0, 0.1) is 0 Å². The summed E-state index contributed by atoms with van der Waals surface area (Å²) in [7, 11) is 1.58. The summed E-state index contributed by atoms with van der Waals surface area (Å²) in [5, 5.41) is 8.57. The second kappa shape index (κ2) is 6.64. The van der Waals surface area contributed by atoms with E-state index in [1.807, 2.05) is 31.2 Å². The summed E-state index contributed by atoms with van der Waals surface area (Å²) in [6.45, 7) is 2.77. The lowest BCUT2D eigenvalue weighted by Crippen LogP contribution is -2.28. The van der Waals surface area contributed by atoms with Crippen molar-refractivity contribution >= 4 is 11.9 Å². The van der Waals surface area contributed by atoms with E-state index in [-0.39, 0.29) is 0 Å². The van der Waals surface area contributed by atoms with Crippen LogP contribution in [0.1, 0.15) is 18.9 Å². The number of para-hydroxylation sites is 1. The van der Waals surface area contributed by atoms with Crippen molar-refractivity contribution in [2.45, 2.75) is 19.9 Å². The van der Waals surface area contributed by atoms with Crippen LogP contribution in [-0.2, 0) is 16.1 Å². The zero-order chi connectivity index (χ0) is 13.5. The summed E-state index contributed by atoms with van der Waals surface area (Å²) in [6.07, 6.45) is -0.493. The maximum Gasteiger partial charge on any atom is 0.312 e. The molecule has 0 spiro atoms. The first kappa shape index (κ1) is 14.0. The highest BCUT2D eigenvalue weighted by atomic mass is 16.5. The number of benzene rings is 1. The minimum atomic E-state index is -1.12. The van der Waals surface area contributed by atoms with Crippen LogP contribution in [0.2, 0.25) is 0 Å². The standard InChI is InChI=1S/C13H17NO4/c1-3-18-11-7-5-4-6-10(11)9-14(2)12(15)8-13(16)17/h4-7H,3,8-9H2,1-2H3,(H,16,17). The number of hydrogen-bond acceptors (Lipinski definition) is 3. The van der Waals surface area contributed by atoms with Crippen molar-refractivity contribution in [1.82, 2.24) is 4.90 Å². The molecule has 1 amide bonds. The van der Waals surface area contributed by atoms with Crippen molar-refractivity contribution in [3.05, 3.63) is 29.8 Å². The minimum Gasteiger partial charge on any atom is -0.494 e. The molecule has 0 aliphatic heterocycles. The van der Waals surface area contributed by atoms with Crippen LogP contribution in [0.25, 0.3) is 0 Å². The second-order valence-corrected chi connectivity index (χ2v) is 3.86. The molecule has 0 saturated heterocycles. The molecule has 18 heavy (non-hydrogen) atoms. The lowest BCUT2D eigenvalue weighted by molar-refractivity contribution is -0.143. The zero-order valence-electron chi connectivity index (χ0n) is 10.5. The molecule has 1 aromatic rings. The number of hydrogen-bond donors (Lipinski definition) is 1. The van der Waals surface area contributed by atoms with Gasteiger partial charge in [0.2, 0.25) is 5.91 Å². The number of carbonyl (C=O) groups is 2. The van der Waals surface area contributed by atoms with Crippen molar-refractivity contribution in [2.24, 2.45) is 0 Å². The van der Waals surface area contributed by atoms with Gasteiger partial charge < -0.3 is 14.7 Å². The van der Waals surface area contributed by atoms with E-state index in [0.29, 0.717) is 13.2 Å². The van der Waals surface area contributed by atoms with Crippen LogP contribution in [0.4, 0.5) is 0 Å². The molecule has 0 radical (unpaired) electrons. The highest BCUT2D eigenvalue weighted by Crippen LogP contribution is 2.19. The van der Waals surface area contributed by atoms with Gasteiger partial charge in [0.05, 0.1) is 6.61 Å². The molecule has 1 rings (SSSR count). The molecule has 0 aliphatic rings. The Morgan fingerprint density at radius 3 is 2.61 bits per heavy atom. The fourth-order valence-electron chi connectivity index (χ4n) is 1.54. The Bertz CT molecular complexity index is 431. The number of ether oxygens (including phenoxy) is 1. The van der Waals surface area contributed by atoms with Crippen molar-refractivity contribution < 1.29 is 19.4 Å². The van der Waals surface area contributed by atoms with Crippen molar-refractivity contribution in [3.8, 4) is 5.75 Å². The van der Waals surface area contributed by atoms with Gasteiger partial charge in [-0.25, -0.2) is 0 Å². The number of rotatable bonds is 6. The lowest BCUT2D eigenvalue weighted by atomic mass is 10.2. The Balaban J connectivity index is 2.71. The van der Waals surface area contributed by atoms with E-state index >= 15 is 0 Å². The summed E-state index contributed by atoms with van der Waals surface area (Å²) < 4.78 is 5.44. The van der Waals surface area contributed by atoms with Crippen LogP contribution in [0.5, 0.6) is 5.75 Å². The molecule has 0 fully saturated rings. The van der Waals surface area contributed by atoms with Gasteiger partial charge in [-0.2, -0.15) is 0 Å². The van der Waals surface area contributed by atoms with Gasteiger partial charge >= 0.3 is 5.97 Å². The van der Waals surface area contributed by atoms with Crippen LogP contribution >= 0.6 is 0 Å². The normalized spacial score (nSPS) is 9.89. The van der Waals surface area contributed by atoms with E-state index < -0.39 is 18.3 Å². The molecule has 0 aromatic heterocycles. The summed E-state index contributed by atoms with van der Waals surface area (Å²) in [4.78, 5) is 23.4. The molecule has 1 N–H and O–H groups in total. The molecular formula is C13H17NO4. The predicted octanol–water partition coefficient (Wildman–Crippen LogP) is 1.52. The maximum atomic E-state index is 11.5. The van der Waals surface area contributed by atoms with Crippen LogP contribution < -0.4 is 4.74 Å². The van der Waals surface area contributed by atoms with Gasteiger partial charge in [-0.3, -0.25) is 9.59 Å². The fourth-order valence-corrected chi connectivity index (χ4v) is 1.54. The zero-order valence-corrected chi connectivity index (χ0v) is 10.5. The average molecular weight is 251 g/mol. The number of aliphatic carboxylic acids is 1. The van der Waals surface area contributed by atoms with E-state index in [4.69, 9.17) is 9.84 Å². The SMILES string of the molecule is CCOc1ccccc1CN(C)C(=O)CC(=O)O. The van der Waals surface area contributed by atoms with Crippen LogP contribution in [0.15, 0.2) is 24.3 Å². The predicted molar refractivity (Wildman–Crippen MR) is 66.3 cm³/mol. The van der Waals surface area contributed by atoms with Gasteiger partial charge in [0, 0.05) is 19.2 Å². The minimum absolute atomic E-state index is 0.336. The number of carboxylic acids is 1. The molecule has 0 bridgehead atoms. The first-order chi connectivity index (χ1) is 8.54. The maximum absolute atomic E-state index is 11.5. The monoisotopic (exact) mass is 251 g/mol. The topological polar surface area (TPSA) is 66.8 Å². The van der Waals surface area contributed by atoms with Gasteiger partial charge in [-0.05, 0) is 13.0 Å². The molecule has 1 aromatic carbocycles. The third kappa shape index (κ3) is 4.08. The molecule has 0 saturated carbocycles. The van der Waals surface area contributed by atoms with Gasteiger partial charge in [-0.1, -0.05) is 18.2 Å². The fraction of sp³-hybridized carbons (Fsp3) is 0.385. The molecule has 5 nitrogen and oxygen atoms in total.